The maximum Gasteiger partial charge on any atom is 0.165 e. The Kier molecular flexibility index (Phi) is 5.85. The van der Waals surface area contributed by atoms with Crippen LogP contribution in [-0.2, 0) is 4.74 Å². The van der Waals surface area contributed by atoms with Gasteiger partial charge in [0.2, 0.25) is 0 Å². The Bertz CT molecular complexity index is 484. The molecule has 1 N–H and O–H groups in total. The normalized spacial score (nSPS) is 18.2. The largest absolute Gasteiger partial charge is 0.488 e. The lowest BCUT2D eigenvalue weighted by Crippen LogP contribution is -2.26. The zero-order valence-electron chi connectivity index (χ0n) is 11.4. The summed E-state index contributed by atoms with van der Waals surface area (Å²) in [6, 6.07) is 4.53. The van der Waals surface area contributed by atoms with Crippen molar-refractivity contribution in [1.29, 1.82) is 0 Å². The number of hydrogen-bond donors (Lipinski definition) is 1. The summed E-state index contributed by atoms with van der Waals surface area (Å²) in [5.41, 5.74) is 0.680. The van der Waals surface area contributed by atoms with Gasteiger partial charge in [-0.15, -0.1) is 0 Å². The van der Waals surface area contributed by atoms with E-state index in [1.165, 1.54) is 6.07 Å². The second-order valence-electron chi connectivity index (χ2n) is 4.72. The summed E-state index contributed by atoms with van der Waals surface area (Å²) in [6.07, 6.45) is 3.62. The van der Waals surface area contributed by atoms with Gasteiger partial charge in [-0.05, 0) is 37.5 Å². The van der Waals surface area contributed by atoms with E-state index in [-0.39, 0.29) is 18.5 Å². The average molecular weight is 278 g/mol. The Morgan fingerprint density at radius 3 is 3.05 bits per heavy atom. The summed E-state index contributed by atoms with van der Waals surface area (Å²) < 4.78 is 24.7. The maximum absolute atomic E-state index is 13.7. The minimum absolute atomic E-state index is 0.0244. The van der Waals surface area contributed by atoms with E-state index < -0.39 is 5.82 Å². The van der Waals surface area contributed by atoms with Gasteiger partial charge in [-0.2, -0.15) is 0 Å². The number of ether oxygens (including phenoxy) is 2. The molecule has 0 radical (unpaired) electrons. The van der Waals surface area contributed by atoms with Gasteiger partial charge in [0.15, 0.2) is 11.6 Å². The number of rotatable bonds is 4. The first-order valence-electron chi connectivity index (χ1n) is 6.93. The molecule has 1 aromatic carbocycles. The van der Waals surface area contributed by atoms with E-state index in [4.69, 9.17) is 14.6 Å². The summed E-state index contributed by atoms with van der Waals surface area (Å²) in [5.74, 6) is 5.47. The third kappa shape index (κ3) is 4.52. The molecule has 0 saturated carbocycles. The van der Waals surface area contributed by atoms with Crippen molar-refractivity contribution in [3.63, 3.8) is 0 Å². The van der Waals surface area contributed by atoms with E-state index in [2.05, 4.69) is 11.8 Å². The minimum Gasteiger partial charge on any atom is -0.488 e. The van der Waals surface area contributed by atoms with Crippen molar-refractivity contribution in [3.8, 4) is 17.6 Å². The lowest BCUT2D eigenvalue weighted by Gasteiger charge is -2.22. The van der Waals surface area contributed by atoms with Crippen LogP contribution in [0.15, 0.2) is 18.2 Å². The molecule has 4 heteroatoms. The minimum atomic E-state index is -0.395. The Morgan fingerprint density at radius 2 is 2.30 bits per heavy atom. The van der Waals surface area contributed by atoms with Crippen LogP contribution in [0.25, 0.3) is 0 Å². The summed E-state index contributed by atoms with van der Waals surface area (Å²) in [5, 5.41) is 8.67. The molecule has 20 heavy (non-hydrogen) atoms. The predicted octanol–water partition coefficient (Wildman–Crippen LogP) is 2.51. The van der Waals surface area contributed by atoms with Gasteiger partial charge in [0.1, 0.15) is 6.61 Å². The fourth-order valence-corrected chi connectivity index (χ4v) is 2.03. The first-order valence-corrected chi connectivity index (χ1v) is 6.93. The molecule has 1 aromatic rings. The molecule has 0 aromatic heterocycles. The quantitative estimate of drug-likeness (QED) is 0.860. The Labute approximate surface area is 118 Å². The molecular weight excluding hydrogens is 259 g/mol. The third-order valence-electron chi connectivity index (χ3n) is 3.10. The molecule has 1 fully saturated rings. The van der Waals surface area contributed by atoms with Gasteiger partial charge in [-0.25, -0.2) is 4.39 Å². The molecule has 108 valence electrons. The van der Waals surface area contributed by atoms with Crippen molar-refractivity contribution in [2.24, 2.45) is 0 Å². The highest BCUT2D eigenvalue weighted by molar-refractivity contribution is 5.40. The second-order valence-corrected chi connectivity index (χ2v) is 4.72. The van der Waals surface area contributed by atoms with Gasteiger partial charge in [0.25, 0.3) is 0 Å². The zero-order chi connectivity index (χ0) is 14.2. The van der Waals surface area contributed by atoms with Crippen molar-refractivity contribution in [2.75, 3.05) is 19.8 Å². The highest BCUT2D eigenvalue weighted by atomic mass is 19.1. The molecule has 1 aliphatic heterocycles. The van der Waals surface area contributed by atoms with E-state index in [9.17, 15) is 4.39 Å². The molecule has 0 aliphatic carbocycles. The van der Waals surface area contributed by atoms with Gasteiger partial charge in [-0.1, -0.05) is 11.8 Å². The van der Waals surface area contributed by atoms with E-state index in [0.29, 0.717) is 18.6 Å². The first-order chi connectivity index (χ1) is 9.79. The van der Waals surface area contributed by atoms with Crippen LogP contribution in [0.5, 0.6) is 5.75 Å². The van der Waals surface area contributed by atoms with Crippen molar-refractivity contribution in [2.45, 2.75) is 31.8 Å². The molecular formula is C16H19FO3. The molecule has 3 nitrogen and oxygen atoms in total. The molecule has 1 aliphatic rings. The molecule has 1 heterocycles. The number of halogens is 1. The SMILES string of the molecule is OCCC#Cc1ccc(F)c(OCC2CCCCO2)c1. The van der Waals surface area contributed by atoms with Crippen molar-refractivity contribution in [1.82, 2.24) is 0 Å². The lowest BCUT2D eigenvalue weighted by molar-refractivity contribution is -0.0117. The van der Waals surface area contributed by atoms with E-state index in [1.807, 2.05) is 0 Å². The summed E-state index contributed by atoms with van der Waals surface area (Å²) in [7, 11) is 0. The van der Waals surface area contributed by atoms with Gasteiger partial charge >= 0.3 is 0 Å². The second kappa shape index (κ2) is 7.88. The van der Waals surface area contributed by atoms with Crippen LogP contribution in [0.4, 0.5) is 4.39 Å². The summed E-state index contributed by atoms with van der Waals surface area (Å²) in [4.78, 5) is 0. The Balaban J connectivity index is 1.95. The van der Waals surface area contributed by atoms with Crippen LogP contribution in [-0.4, -0.2) is 31.0 Å². The number of hydrogen-bond acceptors (Lipinski definition) is 3. The predicted molar refractivity (Wildman–Crippen MR) is 74.1 cm³/mol. The van der Waals surface area contributed by atoms with Gasteiger partial charge < -0.3 is 14.6 Å². The Morgan fingerprint density at radius 1 is 1.40 bits per heavy atom. The van der Waals surface area contributed by atoms with Crippen LogP contribution in [0.3, 0.4) is 0 Å². The van der Waals surface area contributed by atoms with Gasteiger partial charge in [-0.3, -0.25) is 0 Å². The standard InChI is InChI=1S/C16H19FO3/c17-15-8-7-13(5-1-3-9-18)11-16(15)20-12-14-6-2-4-10-19-14/h7-8,11,14,18H,2-4,6,9-10,12H2. The zero-order valence-corrected chi connectivity index (χ0v) is 11.4. The van der Waals surface area contributed by atoms with Crippen LogP contribution >= 0.6 is 0 Å². The van der Waals surface area contributed by atoms with E-state index >= 15 is 0 Å². The number of benzene rings is 1. The third-order valence-corrected chi connectivity index (χ3v) is 3.10. The summed E-state index contributed by atoms with van der Waals surface area (Å²) >= 11 is 0. The summed E-state index contributed by atoms with van der Waals surface area (Å²) in [6.45, 7) is 1.14. The molecule has 1 unspecified atom stereocenters. The van der Waals surface area contributed by atoms with Crippen LogP contribution < -0.4 is 4.74 Å². The number of aliphatic hydroxyl groups is 1. The smallest absolute Gasteiger partial charge is 0.165 e. The lowest BCUT2D eigenvalue weighted by atomic mass is 10.1. The topological polar surface area (TPSA) is 38.7 Å². The molecule has 0 amide bonds. The monoisotopic (exact) mass is 278 g/mol. The Hall–Kier alpha value is -1.57. The van der Waals surface area contributed by atoms with Crippen LogP contribution in [0.2, 0.25) is 0 Å². The highest BCUT2D eigenvalue weighted by Crippen LogP contribution is 2.20. The maximum atomic E-state index is 13.7. The fourth-order valence-electron chi connectivity index (χ4n) is 2.03. The van der Waals surface area contributed by atoms with E-state index in [0.717, 1.165) is 25.9 Å². The van der Waals surface area contributed by atoms with Crippen LogP contribution in [0, 0.1) is 17.7 Å². The molecule has 0 bridgehead atoms. The first kappa shape index (κ1) is 14.8. The average Bonchev–Trinajstić information content (AvgIpc) is 2.49. The fraction of sp³-hybridized carbons (Fsp3) is 0.500. The number of aliphatic hydroxyl groups excluding tert-OH is 1. The van der Waals surface area contributed by atoms with Crippen molar-refractivity contribution < 1.29 is 19.0 Å². The van der Waals surface area contributed by atoms with E-state index in [1.54, 1.807) is 12.1 Å². The van der Waals surface area contributed by atoms with Crippen LogP contribution in [0.1, 0.15) is 31.2 Å². The molecule has 2 rings (SSSR count). The highest BCUT2D eigenvalue weighted by Gasteiger charge is 2.15. The van der Waals surface area contributed by atoms with Crippen molar-refractivity contribution >= 4 is 0 Å². The molecule has 1 saturated heterocycles. The molecule has 1 atom stereocenters. The van der Waals surface area contributed by atoms with Gasteiger partial charge in [0.05, 0.1) is 12.7 Å². The van der Waals surface area contributed by atoms with Gasteiger partial charge in [0, 0.05) is 18.6 Å². The molecule has 0 spiro atoms. The van der Waals surface area contributed by atoms with Crippen molar-refractivity contribution in [3.05, 3.63) is 29.6 Å².